The third kappa shape index (κ3) is 6.72. The summed E-state index contributed by atoms with van der Waals surface area (Å²) in [5, 5.41) is 4.97. The zero-order valence-electron chi connectivity index (χ0n) is 15.4. The Morgan fingerprint density at radius 2 is 1.69 bits per heavy atom. The maximum atomic E-state index is 13.8. The molecule has 9 heteroatoms. The van der Waals surface area contributed by atoms with Crippen molar-refractivity contribution in [3.8, 4) is 0 Å². The monoisotopic (exact) mass is 388 g/mol. The number of rotatable bonds is 8. The number of amides is 1. The first kappa shape index (κ1) is 22.0. The molecule has 1 aromatic rings. The van der Waals surface area contributed by atoms with Crippen LogP contribution in [-0.2, 0) is 19.6 Å². The van der Waals surface area contributed by atoms with Crippen molar-refractivity contribution in [2.75, 3.05) is 19.7 Å². The third-order valence-corrected chi connectivity index (χ3v) is 4.25. The van der Waals surface area contributed by atoms with Crippen LogP contribution in [0.15, 0.2) is 23.1 Å². The number of esters is 1. The van der Waals surface area contributed by atoms with E-state index in [0.29, 0.717) is 13.1 Å². The smallest absolute Gasteiger partial charge is 0.341 e. The van der Waals surface area contributed by atoms with Crippen LogP contribution in [0.25, 0.3) is 0 Å². The third-order valence-electron chi connectivity index (χ3n) is 3.34. The van der Waals surface area contributed by atoms with Gasteiger partial charge in [-0.2, -0.15) is 0 Å². The molecule has 0 heterocycles. The van der Waals surface area contributed by atoms with Gasteiger partial charge in [0, 0.05) is 13.1 Å². The highest BCUT2D eigenvalue weighted by molar-refractivity contribution is 7.89. The first-order chi connectivity index (χ1) is 11.9. The van der Waals surface area contributed by atoms with E-state index < -0.39 is 44.8 Å². The predicted molar refractivity (Wildman–Crippen MR) is 94.3 cm³/mol. The standard InChI is InChI=1S/C17H25FN2O5S/c1-11(2)8-20(9-12(3)4)16(21)10-25-17(22)14-7-13(26(19,23)24)5-6-15(14)18/h5-7,11-12H,8-10H2,1-4H3,(H2,19,23,24). The zero-order valence-corrected chi connectivity index (χ0v) is 16.2. The number of ether oxygens (including phenoxy) is 1. The van der Waals surface area contributed by atoms with Gasteiger partial charge in [-0.1, -0.05) is 27.7 Å². The van der Waals surface area contributed by atoms with E-state index in [9.17, 15) is 22.4 Å². The van der Waals surface area contributed by atoms with E-state index >= 15 is 0 Å². The van der Waals surface area contributed by atoms with Crippen molar-refractivity contribution in [3.05, 3.63) is 29.6 Å². The van der Waals surface area contributed by atoms with Gasteiger partial charge in [-0.15, -0.1) is 0 Å². The topological polar surface area (TPSA) is 107 Å². The lowest BCUT2D eigenvalue weighted by atomic mass is 10.1. The Balaban J connectivity index is 2.86. The van der Waals surface area contributed by atoms with Crippen LogP contribution in [-0.4, -0.2) is 44.9 Å². The summed E-state index contributed by atoms with van der Waals surface area (Å²) < 4.78 is 41.3. The number of halogens is 1. The maximum absolute atomic E-state index is 13.8. The molecule has 0 atom stereocenters. The molecule has 7 nitrogen and oxygen atoms in total. The van der Waals surface area contributed by atoms with Crippen LogP contribution in [0.5, 0.6) is 0 Å². The van der Waals surface area contributed by atoms with Gasteiger partial charge in [-0.05, 0) is 30.0 Å². The van der Waals surface area contributed by atoms with Crippen molar-refractivity contribution < 1.29 is 27.1 Å². The Hall–Kier alpha value is -2.00. The molecule has 1 aromatic carbocycles. The molecule has 0 unspecified atom stereocenters. The molecule has 1 amide bonds. The number of nitrogens with two attached hydrogens (primary N) is 1. The van der Waals surface area contributed by atoms with Gasteiger partial charge in [0.2, 0.25) is 10.0 Å². The molecule has 0 saturated carbocycles. The molecular weight excluding hydrogens is 363 g/mol. The average Bonchev–Trinajstić information content (AvgIpc) is 2.50. The van der Waals surface area contributed by atoms with Gasteiger partial charge in [0.1, 0.15) is 5.82 Å². The molecule has 0 radical (unpaired) electrons. The number of carbonyl (C=O) groups is 2. The van der Waals surface area contributed by atoms with Crippen LogP contribution in [0.3, 0.4) is 0 Å². The lowest BCUT2D eigenvalue weighted by molar-refractivity contribution is -0.135. The quantitative estimate of drug-likeness (QED) is 0.683. The summed E-state index contributed by atoms with van der Waals surface area (Å²) in [5.41, 5.74) is -0.594. The Kier molecular flexibility index (Phi) is 7.70. The molecule has 146 valence electrons. The van der Waals surface area contributed by atoms with Crippen molar-refractivity contribution in [1.29, 1.82) is 0 Å². The Labute approximate surface area is 153 Å². The van der Waals surface area contributed by atoms with E-state index in [1.165, 1.54) is 0 Å². The summed E-state index contributed by atoms with van der Waals surface area (Å²) in [5.74, 6) is -2.02. The fourth-order valence-corrected chi connectivity index (χ4v) is 2.83. The summed E-state index contributed by atoms with van der Waals surface area (Å²) in [6, 6.07) is 2.54. The largest absolute Gasteiger partial charge is 0.452 e. The van der Waals surface area contributed by atoms with Gasteiger partial charge in [-0.25, -0.2) is 22.7 Å². The minimum Gasteiger partial charge on any atom is -0.452 e. The number of sulfonamides is 1. The van der Waals surface area contributed by atoms with Crippen molar-refractivity contribution in [2.24, 2.45) is 17.0 Å². The van der Waals surface area contributed by atoms with E-state index in [1.807, 2.05) is 27.7 Å². The Morgan fingerprint density at radius 1 is 1.15 bits per heavy atom. The molecule has 0 fully saturated rings. The first-order valence-corrected chi connectivity index (χ1v) is 9.73. The second kappa shape index (κ2) is 9.09. The lowest BCUT2D eigenvalue weighted by Crippen LogP contribution is -2.39. The molecule has 0 saturated heterocycles. The molecule has 0 spiro atoms. The molecule has 2 N–H and O–H groups in total. The van der Waals surface area contributed by atoms with E-state index in [2.05, 4.69) is 0 Å². The number of nitrogens with zero attached hydrogens (tertiary/aromatic N) is 1. The fraction of sp³-hybridized carbons (Fsp3) is 0.529. The molecular formula is C17H25FN2O5S. The lowest BCUT2D eigenvalue weighted by Gasteiger charge is -2.26. The van der Waals surface area contributed by atoms with Crippen molar-refractivity contribution in [2.45, 2.75) is 32.6 Å². The summed E-state index contributed by atoms with van der Waals surface area (Å²) >= 11 is 0. The van der Waals surface area contributed by atoms with Gasteiger partial charge < -0.3 is 9.64 Å². The van der Waals surface area contributed by atoms with Crippen LogP contribution >= 0.6 is 0 Å². The number of benzene rings is 1. The molecule has 0 bridgehead atoms. The predicted octanol–water partition coefficient (Wildman–Crippen LogP) is 1.77. The number of hydrogen-bond acceptors (Lipinski definition) is 5. The van der Waals surface area contributed by atoms with Crippen LogP contribution in [0.2, 0.25) is 0 Å². The first-order valence-electron chi connectivity index (χ1n) is 8.19. The van der Waals surface area contributed by atoms with Crippen molar-refractivity contribution >= 4 is 21.9 Å². The summed E-state index contributed by atoms with van der Waals surface area (Å²) in [6.45, 7) is 8.29. The summed E-state index contributed by atoms with van der Waals surface area (Å²) in [7, 11) is -4.10. The Morgan fingerprint density at radius 3 is 2.15 bits per heavy atom. The van der Waals surface area contributed by atoms with E-state index in [4.69, 9.17) is 9.88 Å². The van der Waals surface area contributed by atoms with Crippen LogP contribution in [0.1, 0.15) is 38.1 Å². The van der Waals surface area contributed by atoms with Gasteiger partial charge in [0.25, 0.3) is 5.91 Å². The van der Waals surface area contributed by atoms with Crippen LogP contribution in [0.4, 0.5) is 4.39 Å². The SMILES string of the molecule is CC(C)CN(CC(C)C)C(=O)COC(=O)c1cc(S(N)(=O)=O)ccc1F. The van der Waals surface area contributed by atoms with E-state index in [0.717, 1.165) is 18.2 Å². The minimum atomic E-state index is -4.10. The molecule has 0 aromatic heterocycles. The maximum Gasteiger partial charge on any atom is 0.341 e. The molecule has 0 aliphatic carbocycles. The average molecular weight is 388 g/mol. The van der Waals surface area contributed by atoms with Crippen LogP contribution in [0, 0.1) is 17.7 Å². The second-order valence-electron chi connectivity index (χ2n) is 6.85. The number of carbonyl (C=O) groups excluding carboxylic acids is 2. The highest BCUT2D eigenvalue weighted by Gasteiger charge is 2.21. The summed E-state index contributed by atoms with van der Waals surface area (Å²) in [6.07, 6.45) is 0. The van der Waals surface area contributed by atoms with Crippen molar-refractivity contribution in [3.63, 3.8) is 0 Å². The highest BCUT2D eigenvalue weighted by atomic mass is 32.2. The second-order valence-corrected chi connectivity index (χ2v) is 8.41. The summed E-state index contributed by atoms with van der Waals surface area (Å²) in [4.78, 5) is 25.5. The molecule has 1 rings (SSSR count). The molecule has 26 heavy (non-hydrogen) atoms. The molecule has 0 aliphatic rings. The molecule has 0 aliphatic heterocycles. The minimum absolute atomic E-state index is 0.234. The van der Waals surface area contributed by atoms with Crippen molar-refractivity contribution in [1.82, 2.24) is 4.90 Å². The highest BCUT2D eigenvalue weighted by Crippen LogP contribution is 2.15. The Bertz CT molecular complexity index is 752. The number of hydrogen-bond donors (Lipinski definition) is 1. The van der Waals surface area contributed by atoms with Gasteiger partial charge in [0.05, 0.1) is 10.5 Å². The van der Waals surface area contributed by atoms with Gasteiger partial charge in [-0.3, -0.25) is 4.79 Å². The van der Waals surface area contributed by atoms with Gasteiger partial charge >= 0.3 is 5.97 Å². The fourth-order valence-electron chi connectivity index (χ4n) is 2.29. The number of primary sulfonamides is 1. The van der Waals surface area contributed by atoms with Gasteiger partial charge in [0.15, 0.2) is 6.61 Å². The van der Waals surface area contributed by atoms with E-state index in [-0.39, 0.29) is 11.8 Å². The normalized spacial score (nSPS) is 11.7. The zero-order chi connectivity index (χ0) is 20.1. The van der Waals surface area contributed by atoms with Crippen LogP contribution < -0.4 is 5.14 Å². The van der Waals surface area contributed by atoms with E-state index in [1.54, 1.807) is 4.90 Å².